The van der Waals surface area contributed by atoms with E-state index in [1.807, 2.05) is 6.92 Å². The van der Waals surface area contributed by atoms with Crippen LogP contribution < -0.4 is 15.4 Å². The Kier molecular flexibility index (Phi) is 6.44. The molecule has 0 aromatic heterocycles. The van der Waals surface area contributed by atoms with Crippen LogP contribution in [0, 0.1) is 12.3 Å². The molecule has 1 fully saturated rings. The summed E-state index contributed by atoms with van der Waals surface area (Å²) in [6, 6.07) is 4.99. The highest BCUT2D eigenvalue weighted by atomic mass is 32.2. The molecule has 9 heteroatoms. The normalized spacial score (nSPS) is 16.5. The maximum atomic E-state index is 12.5. The van der Waals surface area contributed by atoms with Gasteiger partial charge in [0.15, 0.2) is 5.96 Å². The predicted octanol–water partition coefficient (Wildman–Crippen LogP) is 2.09. The molecule has 1 aromatic carbocycles. The molecule has 6 nitrogen and oxygen atoms in total. The first kappa shape index (κ1) is 20.4. The Morgan fingerprint density at radius 1 is 1.35 bits per heavy atom. The van der Waals surface area contributed by atoms with Gasteiger partial charge in [-0.1, -0.05) is 17.7 Å². The van der Waals surface area contributed by atoms with Crippen molar-refractivity contribution in [3.8, 4) is 5.75 Å². The van der Waals surface area contributed by atoms with Gasteiger partial charge < -0.3 is 15.4 Å². The highest BCUT2D eigenvalue weighted by Crippen LogP contribution is 2.45. The molecular formula is C17H25F2N3O3S. The van der Waals surface area contributed by atoms with Crippen molar-refractivity contribution in [2.24, 2.45) is 10.4 Å². The minimum atomic E-state index is -3.04. The van der Waals surface area contributed by atoms with Crippen LogP contribution in [0.3, 0.4) is 0 Å². The van der Waals surface area contributed by atoms with Gasteiger partial charge in [0.25, 0.3) is 0 Å². The van der Waals surface area contributed by atoms with E-state index >= 15 is 0 Å². The molecular weight excluding hydrogens is 364 g/mol. The third-order valence-electron chi connectivity index (χ3n) is 4.26. The van der Waals surface area contributed by atoms with E-state index in [1.165, 1.54) is 12.3 Å². The van der Waals surface area contributed by atoms with E-state index in [0.717, 1.165) is 18.4 Å². The number of nitrogens with zero attached hydrogens (tertiary/aromatic N) is 1. The molecule has 1 saturated carbocycles. The van der Waals surface area contributed by atoms with Gasteiger partial charge in [-0.05, 0) is 25.8 Å². The van der Waals surface area contributed by atoms with Crippen LogP contribution >= 0.6 is 0 Å². The summed E-state index contributed by atoms with van der Waals surface area (Å²) in [5.74, 6) is 0.743. The Balaban J connectivity index is 1.94. The van der Waals surface area contributed by atoms with E-state index in [2.05, 4.69) is 20.4 Å². The van der Waals surface area contributed by atoms with Crippen LogP contribution in [-0.4, -0.2) is 46.6 Å². The van der Waals surface area contributed by atoms with Crippen LogP contribution in [0.25, 0.3) is 0 Å². The van der Waals surface area contributed by atoms with Crippen LogP contribution in [0.2, 0.25) is 0 Å². The zero-order valence-corrected chi connectivity index (χ0v) is 16.0. The number of hydrogen-bond donors (Lipinski definition) is 2. The van der Waals surface area contributed by atoms with Crippen LogP contribution in [0.1, 0.15) is 24.0 Å². The van der Waals surface area contributed by atoms with Crippen molar-refractivity contribution in [3.05, 3.63) is 29.3 Å². The molecule has 0 heterocycles. The van der Waals surface area contributed by atoms with Crippen molar-refractivity contribution in [3.63, 3.8) is 0 Å². The number of aliphatic imine (C=N–C) groups is 1. The monoisotopic (exact) mass is 389 g/mol. The third kappa shape index (κ3) is 6.44. The van der Waals surface area contributed by atoms with Gasteiger partial charge >= 0.3 is 6.61 Å². The predicted molar refractivity (Wildman–Crippen MR) is 97.4 cm³/mol. The molecule has 1 aromatic rings. The second kappa shape index (κ2) is 8.20. The Bertz CT molecular complexity index is 763. The lowest BCUT2D eigenvalue weighted by molar-refractivity contribution is -0.0504. The van der Waals surface area contributed by atoms with Crippen LogP contribution in [0.15, 0.2) is 23.2 Å². The second-order valence-corrected chi connectivity index (χ2v) is 8.98. The number of halogens is 2. The van der Waals surface area contributed by atoms with Crippen molar-refractivity contribution in [2.75, 3.05) is 25.6 Å². The quantitative estimate of drug-likeness (QED) is 0.526. The number of aryl methyl sites for hydroxylation is 1. The standard InChI is InChI=1S/C17H25F2N3O3S/c1-12-4-5-14(25-15(18)19)13(8-12)9-21-16(20-2)22-10-17(6-7-17)11-26(3,23)24/h4-5,8,15H,6-7,9-11H2,1-3H3,(H2,20,21,22). The highest BCUT2D eigenvalue weighted by Gasteiger charge is 2.45. The first-order valence-electron chi connectivity index (χ1n) is 8.29. The number of hydrogen-bond acceptors (Lipinski definition) is 4. The van der Waals surface area contributed by atoms with E-state index in [0.29, 0.717) is 18.1 Å². The third-order valence-corrected chi connectivity index (χ3v) is 5.40. The number of alkyl halides is 2. The number of nitrogens with one attached hydrogen (secondary N) is 2. The summed E-state index contributed by atoms with van der Waals surface area (Å²) < 4.78 is 52.7. The molecule has 0 unspecified atom stereocenters. The van der Waals surface area contributed by atoms with Crippen molar-refractivity contribution < 1.29 is 21.9 Å². The van der Waals surface area contributed by atoms with Crippen molar-refractivity contribution in [1.29, 1.82) is 0 Å². The molecule has 26 heavy (non-hydrogen) atoms. The summed E-state index contributed by atoms with van der Waals surface area (Å²) in [7, 11) is -1.44. The van der Waals surface area contributed by atoms with Gasteiger partial charge in [-0.3, -0.25) is 4.99 Å². The summed E-state index contributed by atoms with van der Waals surface area (Å²) in [6.07, 6.45) is 2.95. The lowest BCUT2D eigenvalue weighted by atomic mass is 10.1. The fraction of sp³-hybridized carbons (Fsp3) is 0.588. The molecule has 0 aliphatic heterocycles. The topological polar surface area (TPSA) is 79.8 Å². The number of guanidine groups is 1. The van der Waals surface area contributed by atoms with Gasteiger partial charge in [-0.2, -0.15) is 8.78 Å². The molecule has 0 spiro atoms. The number of sulfone groups is 1. The van der Waals surface area contributed by atoms with Gasteiger partial charge in [0, 0.05) is 37.4 Å². The summed E-state index contributed by atoms with van der Waals surface area (Å²) in [4.78, 5) is 4.10. The van der Waals surface area contributed by atoms with Gasteiger partial charge in [-0.15, -0.1) is 0 Å². The number of ether oxygens (including phenoxy) is 1. The largest absolute Gasteiger partial charge is 0.434 e. The molecule has 1 aliphatic carbocycles. The Morgan fingerprint density at radius 3 is 2.58 bits per heavy atom. The molecule has 0 saturated heterocycles. The summed E-state index contributed by atoms with van der Waals surface area (Å²) >= 11 is 0. The van der Waals surface area contributed by atoms with E-state index in [1.54, 1.807) is 19.2 Å². The van der Waals surface area contributed by atoms with E-state index in [-0.39, 0.29) is 23.5 Å². The Labute approximate surface area is 153 Å². The highest BCUT2D eigenvalue weighted by molar-refractivity contribution is 7.90. The number of rotatable bonds is 8. The fourth-order valence-electron chi connectivity index (χ4n) is 2.83. The molecule has 0 radical (unpaired) electrons. The maximum Gasteiger partial charge on any atom is 0.387 e. The van der Waals surface area contributed by atoms with Gasteiger partial charge in [0.1, 0.15) is 15.6 Å². The molecule has 0 atom stereocenters. The smallest absolute Gasteiger partial charge is 0.387 e. The average molecular weight is 389 g/mol. The van der Waals surface area contributed by atoms with Crippen LogP contribution in [0.4, 0.5) is 8.78 Å². The fourth-order valence-corrected chi connectivity index (χ4v) is 4.34. The maximum absolute atomic E-state index is 12.5. The van der Waals surface area contributed by atoms with Crippen LogP contribution in [0.5, 0.6) is 5.75 Å². The van der Waals surface area contributed by atoms with Crippen LogP contribution in [-0.2, 0) is 16.4 Å². The lowest BCUT2D eigenvalue weighted by Crippen LogP contribution is -2.41. The average Bonchev–Trinajstić information content (AvgIpc) is 3.27. The Hall–Kier alpha value is -1.90. The zero-order valence-electron chi connectivity index (χ0n) is 15.2. The molecule has 0 amide bonds. The zero-order chi connectivity index (χ0) is 19.4. The summed E-state index contributed by atoms with van der Waals surface area (Å²) in [5.41, 5.74) is 1.28. The summed E-state index contributed by atoms with van der Waals surface area (Å²) in [5, 5.41) is 6.18. The Morgan fingerprint density at radius 2 is 2.04 bits per heavy atom. The number of benzene rings is 1. The molecule has 1 aliphatic rings. The minimum absolute atomic E-state index is 0.115. The molecule has 146 valence electrons. The van der Waals surface area contributed by atoms with Crippen molar-refractivity contribution >= 4 is 15.8 Å². The molecule has 0 bridgehead atoms. The summed E-state index contributed by atoms with van der Waals surface area (Å²) in [6.45, 7) is -0.277. The van der Waals surface area contributed by atoms with E-state index in [9.17, 15) is 17.2 Å². The van der Waals surface area contributed by atoms with Gasteiger partial charge in [0.05, 0.1) is 5.75 Å². The SMILES string of the molecule is CN=C(NCc1cc(C)ccc1OC(F)F)NCC1(CS(C)(=O)=O)CC1. The van der Waals surface area contributed by atoms with Gasteiger partial charge in [-0.25, -0.2) is 8.42 Å². The lowest BCUT2D eigenvalue weighted by Gasteiger charge is -2.18. The van der Waals surface area contributed by atoms with Crippen molar-refractivity contribution in [1.82, 2.24) is 10.6 Å². The minimum Gasteiger partial charge on any atom is -0.434 e. The first-order valence-corrected chi connectivity index (χ1v) is 10.4. The first-order chi connectivity index (χ1) is 12.1. The molecule has 2 N–H and O–H groups in total. The van der Waals surface area contributed by atoms with E-state index in [4.69, 9.17) is 0 Å². The second-order valence-electron chi connectivity index (χ2n) is 6.84. The van der Waals surface area contributed by atoms with Gasteiger partial charge in [0.2, 0.25) is 0 Å². The van der Waals surface area contributed by atoms with E-state index < -0.39 is 16.4 Å². The van der Waals surface area contributed by atoms with Crippen molar-refractivity contribution in [2.45, 2.75) is 32.9 Å². The molecule has 2 rings (SSSR count).